The Morgan fingerprint density at radius 3 is 2.29 bits per heavy atom. The summed E-state index contributed by atoms with van der Waals surface area (Å²) in [5.41, 5.74) is 2.71. The first-order valence-corrected chi connectivity index (χ1v) is 13.0. The minimum atomic E-state index is -0.420. The SMILES string of the molecule is C=C/C(C)=c1/cc(OCCOC)cc(F)/c1=C(/C)Nc1ccc(NC(=O)CC(=O)NC2CCCCC2)cc1. The van der Waals surface area contributed by atoms with Gasteiger partial charge in [-0.05, 0) is 67.8 Å². The van der Waals surface area contributed by atoms with Crippen LogP contribution in [0.3, 0.4) is 0 Å². The lowest BCUT2D eigenvalue weighted by Gasteiger charge is -2.22. The molecular formula is C30H38FN3O4. The van der Waals surface area contributed by atoms with Gasteiger partial charge in [0.15, 0.2) is 0 Å². The molecule has 0 saturated heterocycles. The molecule has 0 heterocycles. The number of ether oxygens (including phenoxy) is 2. The first-order chi connectivity index (χ1) is 18.3. The van der Waals surface area contributed by atoms with Crippen molar-refractivity contribution in [3.05, 3.63) is 65.3 Å². The highest BCUT2D eigenvalue weighted by Crippen LogP contribution is 2.18. The molecule has 1 fully saturated rings. The monoisotopic (exact) mass is 523 g/mol. The lowest BCUT2D eigenvalue weighted by Crippen LogP contribution is -2.37. The number of carbonyl (C=O) groups is 2. The van der Waals surface area contributed by atoms with Gasteiger partial charge in [0.2, 0.25) is 11.8 Å². The second-order valence-corrected chi connectivity index (χ2v) is 9.51. The third-order valence-corrected chi connectivity index (χ3v) is 6.52. The van der Waals surface area contributed by atoms with Crippen molar-refractivity contribution in [3.8, 4) is 5.75 Å². The fourth-order valence-corrected chi connectivity index (χ4v) is 4.50. The predicted octanol–water partition coefficient (Wildman–Crippen LogP) is 4.23. The predicted molar refractivity (Wildman–Crippen MR) is 150 cm³/mol. The maximum atomic E-state index is 15.2. The summed E-state index contributed by atoms with van der Waals surface area (Å²) in [6.07, 6.45) is 6.84. The van der Waals surface area contributed by atoms with E-state index in [4.69, 9.17) is 9.47 Å². The topological polar surface area (TPSA) is 88.7 Å². The van der Waals surface area contributed by atoms with Crippen LogP contribution in [0.5, 0.6) is 5.75 Å². The number of halogens is 1. The Bertz CT molecular complexity index is 1250. The van der Waals surface area contributed by atoms with Gasteiger partial charge in [0.05, 0.1) is 6.61 Å². The maximum absolute atomic E-state index is 15.2. The van der Waals surface area contributed by atoms with Crippen LogP contribution in [0.4, 0.5) is 15.8 Å². The first-order valence-electron chi connectivity index (χ1n) is 13.0. The van der Waals surface area contributed by atoms with Gasteiger partial charge in [0, 0.05) is 41.5 Å². The summed E-state index contributed by atoms with van der Waals surface area (Å²) in [5, 5.41) is 10.0. The van der Waals surface area contributed by atoms with Gasteiger partial charge in [-0.1, -0.05) is 31.9 Å². The Balaban J connectivity index is 1.69. The molecule has 2 aromatic rings. The van der Waals surface area contributed by atoms with Crippen LogP contribution in [0.15, 0.2) is 49.1 Å². The number of hydrogen-bond donors (Lipinski definition) is 3. The van der Waals surface area contributed by atoms with Gasteiger partial charge in [-0.15, -0.1) is 0 Å². The fraction of sp³-hybridized carbons (Fsp3) is 0.400. The van der Waals surface area contributed by atoms with E-state index in [1.54, 1.807) is 50.4 Å². The van der Waals surface area contributed by atoms with E-state index >= 15 is 4.39 Å². The van der Waals surface area contributed by atoms with Crippen molar-refractivity contribution >= 4 is 34.5 Å². The average molecular weight is 524 g/mol. The first kappa shape index (κ1) is 28.9. The van der Waals surface area contributed by atoms with Crippen molar-refractivity contribution in [1.29, 1.82) is 0 Å². The number of amides is 2. The van der Waals surface area contributed by atoms with Crippen molar-refractivity contribution in [2.24, 2.45) is 0 Å². The second kappa shape index (κ2) is 14.3. The molecule has 0 bridgehead atoms. The van der Waals surface area contributed by atoms with Crippen LogP contribution in [0.1, 0.15) is 52.4 Å². The fourth-order valence-electron chi connectivity index (χ4n) is 4.50. The van der Waals surface area contributed by atoms with Crippen LogP contribution in [0.2, 0.25) is 0 Å². The molecule has 8 heteroatoms. The Hall–Kier alpha value is -3.65. The number of nitrogens with one attached hydrogen (secondary N) is 3. The molecule has 2 aromatic carbocycles. The van der Waals surface area contributed by atoms with Gasteiger partial charge in [0.1, 0.15) is 24.6 Å². The van der Waals surface area contributed by atoms with E-state index in [1.807, 2.05) is 6.92 Å². The number of carbonyl (C=O) groups excluding carboxylic acids is 2. The summed E-state index contributed by atoms with van der Waals surface area (Å²) in [4.78, 5) is 24.5. The third kappa shape index (κ3) is 8.45. The van der Waals surface area contributed by atoms with Gasteiger partial charge < -0.3 is 25.4 Å². The lowest BCUT2D eigenvalue weighted by molar-refractivity contribution is -0.127. The summed E-state index contributed by atoms with van der Waals surface area (Å²) in [6, 6.07) is 10.4. The molecule has 1 aliphatic carbocycles. The van der Waals surface area contributed by atoms with Crippen molar-refractivity contribution in [2.75, 3.05) is 31.0 Å². The van der Waals surface area contributed by atoms with Gasteiger partial charge >= 0.3 is 0 Å². The highest BCUT2D eigenvalue weighted by Gasteiger charge is 2.17. The summed E-state index contributed by atoms with van der Waals surface area (Å²) in [7, 11) is 1.58. The van der Waals surface area contributed by atoms with Crippen molar-refractivity contribution in [3.63, 3.8) is 0 Å². The maximum Gasteiger partial charge on any atom is 0.233 e. The normalized spacial score (nSPS) is 15.3. The Labute approximate surface area is 223 Å². The molecule has 0 aromatic heterocycles. The van der Waals surface area contributed by atoms with E-state index in [0.717, 1.165) is 36.9 Å². The number of benzene rings is 2. The average Bonchev–Trinajstić information content (AvgIpc) is 2.89. The summed E-state index contributed by atoms with van der Waals surface area (Å²) in [6.45, 7) is 8.21. The smallest absolute Gasteiger partial charge is 0.233 e. The van der Waals surface area contributed by atoms with Crippen LogP contribution in [-0.4, -0.2) is 38.2 Å². The molecule has 0 aliphatic heterocycles. The molecule has 0 atom stereocenters. The zero-order valence-corrected chi connectivity index (χ0v) is 22.5. The van der Waals surface area contributed by atoms with Gasteiger partial charge in [0.25, 0.3) is 0 Å². The van der Waals surface area contributed by atoms with Crippen LogP contribution >= 0.6 is 0 Å². The minimum Gasteiger partial charge on any atom is -0.491 e. The number of hydrogen-bond acceptors (Lipinski definition) is 5. The van der Waals surface area contributed by atoms with Crippen LogP contribution in [-0.2, 0) is 14.3 Å². The molecule has 3 N–H and O–H groups in total. The summed E-state index contributed by atoms with van der Waals surface area (Å²) >= 11 is 0. The van der Waals surface area contributed by atoms with Crippen LogP contribution in [0.25, 0.3) is 11.3 Å². The lowest BCUT2D eigenvalue weighted by atomic mass is 9.95. The molecule has 0 radical (unpaired) electrons. The molecule has 7 nitrogen and oxygen atoms in total. The highest BCUT2D eigenvalue weighted by atomic mass is 19.1. The molecule has 1 saturated carbocycles. The van der Waals surface area contributed by atoms with E-state index in [2.05, 4.69) is 22.5 Å². The molecule has 3 rings (SSSR count). The Morgan fingerprint density at radius 2 is 1.66 bits per heavy atom. The van der Waals surface area contributed by atoms with Gasteiger partial charge in [-0.25, -0.2) is 4.39 Å². The molecule has 204 valence electrons. The van der Waals surface area contributed by atoms with E-state index < -0.39 is 5.82 Å². The molecule has 38 heavy (non-hydrogen) atoms. The number of rotatable bonds is 11. The highest BCUT2D eigenvalue weighted by molar-refractivity contribution is 6.03. The quantitative estimate of drug-likeness (QED) is 0.303. The van der Waals surface area contributed by atoms with Gasteiger partial charge in [-0.2, -0.15) is 0 Å². The molecule has 2 amide bonds. The number of allylic oxidation sites excluding steroid dienone is 1. The number of anilines is 2. The van der Waals surface area contributed by atoms with E-state index in [9.17, 15) is 9.59 Å². The van der Waals surface area contributed by atoms with E-state index in [1.165, 1.54) is 12.5 Å². The van der Waals surface area contributed by atoms with Crippen LogP contribution in [0, 0.1) is 5.82 Å². The Kier molecular flexibility index (Phi) is 10.9. The van der Waals surface area contributed by atoms with Crippen LogP contribution < -0.4 is 31.1 Å². The molecule has 0 spiro atoms. The van der Waals surface area contributed by atoms with Crippen molar-refractivity contribution in [2.45, 2.75) is 58.4 Å². The van der Waals surface area contributed by atoms with E-state index in [-0.39, 0.29) is 24.3 Å². The minimum absolute atomic E-state index is 0.173. The molecule has 1 aliphatic rings. The van der Waals surface area contributed by atoms with E-state index in [0.29, 0.717) is 40.8 Å². The van der Waals surface area contributed by atoms with Gasteiger partial charge in [-0.3, -0.25) is 9.59 Å². The molecular weight excluding hydrogens is 485 g/mol. The number of methoxy groups -OCH3 is 1. The summed E-state index contributed by atoms with van der Waals surface area (Å²) in [5.74, 6) is -0.620. The zero-order chi connectivity index (χ0) is 27.5. The largest absolute Gasteiger partial charge is 0.491 e. The molecule has 0 unspecified atom stereocenters. The van der Waals surface area contributed by atoms with Crippen molar-refractivity contribution < 1.29 is 23.5 Å². The third-order valence-electron chi connectivity index (χ3n) is 6.52. The summed E-state index contributed by atoms with van der Waals surface area (Å²) < 4.78 is 25.9. The van der Waals surface area contributed by atoms with Crippen molar-refractivity contribution in [1.82, 2.24) is 5.32 Å². The second-order valence-electron chi connectivity index (χ2n) is 9.51. The Morgan fingerprint density at radius 1 is 1.00 bits per heavy atom. The zero-order valence-electron chi connectivity index (χ0n) is 22.5. The standard InChI is InChI=1S/C30H38FN3O4/c1-5-20(2)26-17-25(38-16-15-37-4)18-27(31)30(26)21(3)32-23-11-13-24(14-12-23)34-29(36)19-28(35)33-22-9-7-6-8-10-22/h5,11-14,17-18,22,32H,1,6-10,15-16,19H2,2-4H3,(H,33,35)(H,34,36)/b26-20-,30-21-.